The van der Waals surface area contributed by atoms with Gasteiger partial charge in [-0.05, 0) is 45.3 Å². The van der Waals surface area contributed by atoms with Crippen LogP contribution >= 0.6 is 0 Å². The average molecular weight is 213 g/mol. The molecule has 1 fully saturated rings. The second-order valence-electron chi connectivity index (χ2n) is 4.16. The Morgan fingerprint density at radius 1 is 1.40 bits per heavy atom. The summed E-state index contributed by atoms with van der Waals surface area (Å²) < 4.78 is 0. The Bertz CT molecular complexity index is 235. The Balaban J connectivity index is 2.10. The minimum atomic E-state index is -0.904. The number of nitrogens with two attached hydrogens (primary N) is 1. The van der Waals surface area contributed by atoms with Gasteiger partial charge in [0, 0.05) is 6.54 Å². The number of likely N-dealkylation sites (tertiary alicyclic amines) is 1. The average Bonchev–Trinajstić information content (AvgIpc) is 2.20. The Hall–Kier alpha value is -1.10. The summed E-state index contributed by atoms with van der Waals surface area (Å²) in [6.45, 7) is 2.79. The van der Waals surface area contributed by atoms with Crippen molar-refractivity contribution in [2.75, 3.05) is 26.7 Å². The number of amides is 2. The molecule has 0 aromatic rings. The first-order chi connectivity index (χ1) is 7.09. The van der Waals surface area contributed by atoms with Crippen molar-refractivity contribution in [2.24, 2.45) is 11.7 Å². The van der Waals surface area contributed by atoms with Crippen LogP contribution in [-0.4, -0.2) is 43.4 Å². The van der Waals surface area contributed by atoms with E-state index < -0.39 is 11.8 Å². The van der Waals surface area contributed by atoms with Crippen LogP contribution < -0.4 is 11.1 Å². The summed E-state index contributed by atoms with van der Waals surface area (Å²) in [7, 11) is 2.12. The molecule has 1 saturated heterocycles. The van der Waals surface area contributed by atoms with E-state index in [0.717, 1.165) is 19.5 Å². The van der Waals surface area contributed by atoms with Gasteiger partial charge in [-0.2, -0.15) is 0 Å². The van der Waals surface area contributed by atoms with Gasteiger partial charge in [-0.15, -0.1) is 0 Å². The number of carbonyl (C=O) groups excluding carboxylic acids is 2. The van der Waals surface area contributed by atoms with Crippen molar-refractivity contribution in [3.8, 4) is 0 Å². The van der Waals surface area contributed by atoms with Gasteiger partial charge in [0.15, 0.2) is 0 Å². The van der Waals surface area contributed by atoms with E-state index in [2.05, 4.69) is 17.3 Å². The van der Waals surface area contributed by atoms with Crippen molar-refractivity contribution < 1.29 is 9.59 Å². The normalized spacial score (nSPS) is 18.7. The van der Waals surface area contributed by atoms with Gasteiger partial charge >= 0.3 is 11.8 Å². The van der Waals surface area contributed by atoms with Crippen molar-refractivity contribution in [1.82, 2.24) is 10.2 Å². The molecule has 0 unspecified atom stereocenters. The minimum Gasteiger partial charge on any atom is -0.361 e. The van der Waals surface area contributed by atoms with Crippen LogP contribution in [0.3, 0.4) is 0 Å². The molecule has 5 nitrogen and oxygen atoms in total. The Labute approximate surface area is 90.0 Å². The van der Waals surface area contributed by atoms with Crippen LogP contribution in [0.15, 0.2) is 0 Å². The van der Waals surface area contributed by atoms with E-state index in [-0.39, 0.29) is 0 Å². The van der Waals surface area contributed by atoms with E-state index in [1.165, 1.54) is 12.8 Å². The summed E-state index contributed by atoms with van der Waals surface area (Å²) in [5.41, 5.74) is 4.82. The van der Waals surface area contributed by atoms with E-state index in [1.54, 1.807) is 0 Å². The number of rotatable bonds is 3. The second-order valence-corrected chi connectivity index (χ2v) is 4.16. The molecule has 2 amide bonds. The van der Waals surface area contributed by atoms with Gasteiger partial charge in [-0.25, -0.2) is 0 Å². The molecule has 0 aliphatic carbocycles. The monoisotopic (exact) mass is 213 g/mol. The molecule has 5 heteroatoms. The maximum atomic E-state index is 10.8. The van der Waals surface area contributed by atoms with Crippen LogP contribution in [-0.2, 0) is 9.59 Å². The van der Waals surface area contributed by atoms with Crippen LogP contribution in [0.4, 0.5) is 0 Å². The molecule has 0 aromatic heterocycles. The molecule has 1 rings (SSSR count). The van der Waals surface area contributed by atoms with Gasteiger partial charge in [0.1, 0.15) is 0 Å². The topological polar surface area (TPSA) is 75.4 Å². The highest BCUT2D eigenvalue weighted by atomic mass is 16.2. The standard InChI is InChI=1S/C10H19N3O2/c1-13-6-3-8(4-7-13)2-5-12-10(15)9(11)14/h8H,2-7H2,1H3,(H2,11,14)(H,12,15). The number of primary amides is 1. The SMILES string of the molecule is CN1CCC(CCNC(=O)C(N)=O)CC1. The maximum Gasteiger partial charge on any atom is 0.309 e. The number of nitrogens with zero attached hydrogens (tertiary/aromatic N) is 1. The lowest BCUT2D eigenvalue weighted by molar-refractivity contribution is -0.137. The molecule has 0 saturated carbocycles. The number of carbonyl (C=O) groups is 2. The van der Waals surface area contributed by atoms with Crippen LogP contribution in [0.25, 0.3) is 0 Å². The van der Waals surface area contributed by atoms with Crippen molar-refractivity contribution in [1.29, 1.82) is 0 Å². The summed E-state index contributed by atoms with van der Waals surface area (Å²) in [5.74, 6) is -0.921. The molecule has 1 heterocycles. The zero-order valence-electron chi connectivity index (χ0n) is 9.16. The Morgan fingerprint density at radius 3 is 2.53 bits per heavy atom. The summed E-state index contributed by atoms with van der Waals surface area (Å²) in [6.07, 6.45) is 3.28. The summed E-state index contributed by atoms with van der Waals surface area (Å²) in [5, 5.41) is 2.51. The quantitative estimate of drug-likeness (QED) is 0.610. The largest absolute Gasteiger partial charge is 0.361 e. The molecular weight excluding hydrogens is 194 g/mol. The molecule has 0 bridgehead atoms. The fourth-order valence-corrected chi connectivity index (χ4v) is 1.83. The van der Waals surface area contributed by atoms with Crippen LogP contribution in [0.2, 0.25) is 0 Å². The van der Waals surface area contributed by atoms with Crippen LogP contribution in [0.1, 0.15) is 19.3 Å². The van der Waals surface area contributed by atoms with Gasteiger partial charge in [0.2, 0.25) is 0 Å². The molecule has 1 aliphatic rings. The number of nitrogens with one attached hydrogen (secondary N) is 1. The van der Waals surface area contributed by atoms with Crippen LogP contribution in [0.5, 0.6) is 0 Å². The molecule has 0 aromatic carbocycles. The van der Waals surface area contributed by atoms with Crippen molar-refractivity contribution in [3.63, 3.8) is 0 Å². The first kappa shape index (κ1) is 12.0. The van der Waals surface area contributed by atoms with Gasteiger partial charge < -0.3 is 16.0 Å². The molecule has 15 heavy (non-hydrogen) atoms. The van der Waals surface area contributed by atoms with E-state index in [4.69, 9.17) is 5.73 Å². The Morgan fingerprint density at radius 2 is 2.00 bits per heavy atom. The third-order valence-corrected chi connectivity index (χ3v) is 2.90. The first-order valence-electron chi connectivity index (χ1n) is 5.35. The predicted octanol–water partition coefficient (Wildman–Crippen LogP) is -0.680. The van der Waals surface area contributed by atoms with E-state index in [0.29, 0.717) is 12.5 Å². The fourth-order valence-electron chi connectivity index (χ4n) is 1.83. The van der Waals surface area contributed by atoms with Crippen molar-refractivity contribution in [3.05, 3.63) is 0 Å². The summed E-state index contributed by atoms with van der Waals surface area (Å²) in [4.78, 5) is 23.6. The molecule has 3 N–H and O–H groups in total. The molecule has 0 atom stereocenters. The third kappa shape index (κ3) is 4.29. The lowest BCUT2D eigenvalue weighted by Crippen LogP contribution is -2.38. The molecular formula is C10H19N3O2. The summed E-state index contributed by atoms with van der Waals surface area (Å²) in [6, 6.07) is 0. The van der Waals surface area contributed by atoms with Gasteiger partial charge in [0.25, 0.3) is 0 Å². The van der Waals surface area contributed by atoms with E-state index in [1.807, 2.05) is 0 Å². The van der Waals surface area contributed by atoms with E-state index >= 15 is 0 Å². The lowest BCUT2D eigenvalue weighted by atomic mass is 9.94. The van der Waals surface area contributed by atoms with Crippen molar-refractivity contribution >= 4 is 11.8 Å². The third-order valence-electron chi connectivity index (χ3n) is 2.90. The smallest absolute Gasteiger partial charge is 0.309 e. The highest BCUT2D eigenvalue weighted by Gasteiger charge is 2.16. The second kappa shape index (κ2) is 5.70. The maximum absolute atomic E-state index is 10.8. The minimum absolute atomic E-state index is 0.552. The van der Waals surface area contributed by atoms with Crippen LogP contribution in [0, 0.1) is 5.92 Å². The predicted molar refractivity (Wildman–Crippen MR) is 57.0 cm³/mol. The number of hydrogen-bond donors (Lipinski definition) is 2. The van der Waals surface area contributed by atoms with Gasteiger partial charge in [0.05, 0.1) is 0 Å². The van der Waals surface area contributed by atoms with E-state index in [9.17, 15) is 9.59 Å². The molecule has 1 aliphatic heterocycles. The zero-order chi connectivity index (χ0) is 11.3. The lowest BCUT2D eigenvalue weighted by Gasteiger charge is -2.28. The van der Waals surface area contributed by atoms with Gasteiger partial charge in [-0.1, -0.05) is 0 Å². The zero-order valence-corrected chi connectivity index (χ0v) is 9.16. The molecule has 0 radical (unpaired) electrons. The molecule has 86 valence electrons. The Kier molecular flexibility index (Phi) is 4.55. The first-order valence-corrected chi connectivity index (χ1v) is 5.35. The highest BCUT2D eigenvalue weighted by Crippen LogP contribution is 2.18. The van der Waals surface area contributed by atoms with Gasteiger partial charge in [-0.3, -0.25) is 9.59 Å². The number of hydrogen-bond acceptors (Lipinski definition) is 3. The number of piperidine rings is 1. The fraction of sp³-hybridized carbons (Fsp3) is 0.800. The van der Waals surface area contributed by atoms with Crippen molar-refractivity contribution in [2.45, 2.75) is 19.3 Å². The molecule has 0 spiro atoms. The highest BCUT2D eigenvalue weighted by molar-refractivity contribution is 6.34. The summed E-state index contributed by atoms with van der Waals surface area (Å²) >= 11 is 0.